The summed E-state index contributed by atoms with van der Waals surface area (Å²) in [6.07, 6.45) is 2.96. The lowest BCUT2D eigenvalue weighted by atomic mass is 10.1. The Labute approximate surface area is 132 Å². The molecule has 1 fully saturated rings. The highest BCUT2D eigenvalue weighted by Gasteiger charge is 2.25. The van der Waals surface area contributed by atoms with Gasteiger partial charge in [0.05, 0.1) is 12.0 Å². The Kier molecular flexibility index (Phi) is 6.32. The quantitative estimate of drug-likeness (QED) is 0.650. The van der Waals surface area contributed by atoms with E-state index >= 15 is 0 Å². The lowest BCUT2D eigenvalue weighted by Gasteiger charge is -2.14. The van der Waals surface area contributed by atoms with Gasteiger partial charge in [0.25, 0.3) is 0 Å². The largest absolute Gasteiger partial charge is 0.468 e. The van der Waals surface area contributed by atoms with E-state index in [1.165, 1.54) is 0 Å². The zero-order chi connectivity index (χ0) is 15.8. The molecule has 0 aliphatic carbocycles. The van der Waals surface area contributed by atoms with Gasteiger partial charge in [0.2, 0.25) is 11.8 Å². The van der Waals surface area contributed by atoms with Gasteiger partial charge in [-0.25, -0.2) is 4.79 Å². The number of imide groups is 1. The van der Waals surface area contributed by atoms with E-state index in [-0.39, 0.29) is 18.2 Å². The number of rotatable bonds is 7. The van der Waals surface area contributed by atoms with Gasteiger partial charge in [-0.2, -0.15) is 11.8 Å². The molecular formula is C14H19N3O4S. The summed E-state index contributed by atoms with van der Waals surface area (Å²) >= 11 is 1.73. The van der Waals surface area contributed by atoms with E-state index in [0.717, 1.165) is 23.7 Å². The maximum atomic E-state index is 11.9. The van der Waals surface area contributed by atoms with Crippen molar-refractivity contribution >= 4 is 29.6 Å². The van der Waals surface area contributed by atoms with Crippen LogP contribution in [0, 0.1) is 0 Å². The van der Waals surface area contributed by atoms with Crippen LogP contribution in [0.3, 0.4) is 0 Å². The van der Waals surface area contributed by atoms with E-state index in [1.54, 1.807) is 18.0 Å². The second kappa shape index (κ2) is 8.47. The van der Waals surface area contributed by atoms with E-state index < -0.39 is 12.1 Å². The molecule has 0 bridgehead atoms. The van der Waals surface area contributed by atoms with Crippen molar-refractivity contribution in [1.82, 2.24) is 16.0 Å². The van der Waals surface area contributed by atoms with Gasteiger partial charge in [0.1, 0.15) is 11.8 Å². The van der Waals surface area contributed by atoms with Gasteiger partial charge in [0.15, 0.2) is 0 Å². The third-order valence-corrected chi connectivity index (χ3v) is 4.19. The van der Waals surface area contributed by atoms with Crippen LogP contribution in [0.2, 0.25) is 0 Å². The summed E-state index contributed by atoms with van der Waals surface area (Å²) in [7, 11) is 0. The van der Waals surface area contributed by atoms with E-state index in [1.807, 2.05) is 12.1 Å². The molecule has 2 rings (SSSR count). The zero-order valence-electron chi connectivity index (χ0n) is 12.1. The SMILES string of the molecule is O=C1CC[C@H](C(=O)NCCCSCc2ccco2)NC(=O)N1. The minimum absolute atomic E-state index is 0.163. The molecule has 0 unspecified atom stereocenters. The Morgan fingerprint density at radius 1 is 1.45 bits per heavy atom. The number of thioether (sulfide) groups is 1. The summed E-state index contributed by atoms with van der Waals surface area (Å²) in [6.45, 7) is 0.539. The fourth-order valence-corrected chi connectivity index (χ4v) is 2.86. The number of urea groups is 1. The Morgan fingerprint density at radius 3 is 3.09 bits per heavy atom. The second-order valence-corrected chi connectivity index (χ2v) is 5.99. The van der Waals surface area contributed by atoms with Crippen molar-refractivity contribution in [3.8, 4) is 0 Å². The highest BCUT2D eigenvalue weighted by molar-refractivity contribution is 7.98. The first-order chi connectivity index (χ1) is 10.6. The van der Waals surface area contributed by atoms with Crippen LogP contribution in [-0.2, 0) is 15.3 Å². The lowest BCUT2D eigenvalue weighted by Crippen LogP contribution is -2.48. The normalized spacial score (nSPS) is 18.3. The molecule has 1 aliphatic heterocycles. The van der Waals surface area contributed by atoms with Gasteiger partial charge in [-0.1, -0.05) is 0 Å². The lowest BCUT2D eigenvalue weighted by molar-refractivity contribution is -0.123. The molecule has 0 saturated carbocycles. The average molecular weight is 325 g/mol. The van der Waals surface area contributed by atoms with Crippen molar-refractivity contribution < 1.29 is 18.8 Å². The van der Waals surface area contributed by atoms with Gasteiger partial charge in [0, 0.05) is 13.0 Å². The third kappa shape index (κ3) is 5.44. The van der Waals surface area contributed by atoms with Crippen LogP contribution in [-0.4, -0.2) is 36.2 Å². The van der Waals surface area contributed by atoms with E-state index in [0.29, 0.717) is 13.0 Å². The topological polar surface area (TPSA) is 100 Å². The van der Waals surface area contributed by atoms with Gasteiger partial charge < -0.3 is 15.1 Å². The molecule has 1 atom stereocenters. The molecule has 0 spiro atoms. The van der Waals surface area contributed by atoms with Crippen LogP contribution in [0.5, 0.6) is 0 Å². The molecule has 4 amide bonds. The third-order valence-electron chi connectivity index (χ3n) is 3.12. The minimum Gasteiger partial charge on any atom is -0.468 e. The van der Waals surface area contributed by atoms with Crippen molar-refractivity contribution in [1.29, 1.82) is 0 Å². The van der Waals surface area contributed by atoms with Crippen LogP contribution >= 0.6 is 11.8 Å². The van der Waals surface area contributed by atoms with Crippen LogP contribution < -0.4 is 16.0 Å². The summed E-state index contributed by atoms with van der Waals surface area (Å²) in [4.78, 5) is 34.4. The van der Waals surface area contributed by atoms with Crippen LogP contribution in [0.25, 0.3) is 0 Å². The Bertz CT molecular complexity index is 518. The smallest absolute Gasteiger partial charge is 0.322 e. The van der Waals surface area contributed by atoms with E-state index in [2.05, 4.69) is 16.0 Å². The Morgan fingerprint density at radius 2 is 2.32 bits per heavy atom. The average Bonchev–Trinajstić information content (AvgIpc) is 2.93. The van der Waals surface area contributed by atoms with Gasteiger partial charge in [-0.15, -0.1) is 0 Å². The Hall–Kier alpha value is -1.96. The predicted octanol–water partition coefficient (Wildman–Crippen LogP) is 1.01. The summed E-state index contributed by atoms with van der Waals surface area (Å²) in [6, 6.07) is 2.52. The minimum atomic E-state index is -0.651. The molecule has 2 heterocycles. The molecule has 7 nitrogen and oxygen atoms in total. The maximum Gasteiger partial charge on any atom is 0.322 e. The predicted molar refractivity (Wildman–Crippen MR) is 82.2 cm³/mol. The molecule has 3 N–H and O–H groups in total. The monoisotopic (exact) mass is 325 g/mol. The van der Waals surface area contributed by atoms with Crippen molar-refractivity contribution in [3.63, 3.8) is 0 Å². The number of carbonyl (C=O) groups excluding carboxylic acids is 3. The van der Waals surface area contributed by atoms with E-state index in [4.69, 9.17) is 4.42 Å². The first kappa shape index (κ1) is 16.4. The highest BCUT2D eigenvalue weighted by Crippen LogP contribution is 2.12. The number of furan rings is 1. The maximum absolute atomic E-state index is 11.9. The first-order valence-electron chi connectivity index (χ1n) is 7.13. The van der Waals surface area contributed by atoms with Crippen molar-refractivity contribution in [2.24, 2.45) is 0 Å². The summed E-state index contributed by atoms with van der Waals surface area (Å²) in [5.41, 5.74) is 0. The van der Waals surface area contributed by atoms with Gasteiger partial charge in [-0.05, 0) is 30.7 Å². The molecule has 1 aromatic rings. The number of carbonyl (C=O) groups is 3. The molecule has 0 radical (unpaired) electrons. The molecule has 1 saturated heterocycles. The standard InChI is InChI=1S/C14H19N3O4S/c18-12-5-4-11(16-14(20)17-12)13(19)15-6-2-8-22-9-10-3-1-7-21-10/h1,3,7,11H,2,4-6,8-9H2,(H,15,19)(H2,16,17,18,20)/t11-/m1/s1. The highest BCUT2D eigenvalue weighted by atomic mass is 32.2. The van der Waals surface area contributed by atoms with Crippen LogP contribution in [0.1, 0.15) is 25.0 Å². The summed E-state index contributed by atoms with van der Waals surface area (Å²) in [5, 5.41) is 7.40. The second-order valence-electron chi connectivity index (χ2n) is 4.89. The van der Waals surface area contributed by atoms with Gasteiger partial charge in [-0.3, -0.25) is 14.9 Å². The number of amides is 4. The first-order valence-corrected chi connectivity index (χ1v) is 8.29. The summed E-state index contributed by atoms with van der Waals surface area (Å²) < 4.78 is 5.22. The molecule has 8 heteroatoms. The number of hydrogen-bond donors (Lipinski definition) is 3. The van der Waals surface area contributed by atoms with Crippen molar-refractivity contribution in [3.05, 3.63) is 24.2 Å². The number of nitrogens with one attached hydrogen (secondary N) is 3. The number of hydrogen-bond acceptors (Lipinski definition) is 5. The summed E-state index contributed by atoms with van der Waals surface area (Å²) in [5.74, 6) is 2.04. The van der Waals surface area contributed by atoms with Gasteiger partial charge >= 0.3 is 6.03 Å². The molecular weight excluding hydrogens is 306 g/mol. The fourth-order valence-electron chi connectivity index (χ4n) is 2.00. The molecule has 1 aromatic heterocycles. The fraction of sp³-hybridized carbons (Fsp3) is 0.500. The molecule has 1 aliphatic rings. The zero-order valence-corrected chi connectivity index (χ0v) is 12.9. The Balaban J connectivity index is 1.59. The van der Waals surface area contributed by atoms with E-state index in [9.17, 15) is 14.4 Å². The molecule has 22 heavy (non-hydrogen) atoms. The van der Waals surface area contributed by atoms with Crippen LogP contribution in [0.15, 0.2) is 22.8 Å². The van der Waals surface area contributed by atoms with Crippen molar-refractivity contribution in [2.75, 3.05) is 12.3 Å². The molecule has 0 aromatic carbocycles. The van der Waals surface area contributed by atoms with Crippen LogP contribution in [0.4, 0.5) is 4.79 Å². The molecule has 120 valence electrons. The van der Waals surface area contributed by atoms with Crippen molar-refractivity contribution in [2.45, 2.75) is 31.1 Å².